The van der Waals surface area contributed by atoms with Gasteiger partial charge in [-0.15, -0.1) is 0 Å². The van der Waals surface area contributed by atoms with Crippen molar-refractivity contribution in [3.63, 3.8) is 0 Å². The number of carboxylic acids is 4. The molecule has 181 valence electrons. The first-order valence-electron chi connectivity index (χ1n) is 6.80. The first kappa shape index (κ1) is 42.7. The van der Waals surface area contributed by atoms with Crippen molar-refractivity contribution < 1.29 is 117 Å². The Morgan fingerprint density at radius 2 is 0.567 bits per heavy atom. The zero-order chi connectivity index (χ0) is 23.4. The average molecular weight is 553 g/mol. The Labute approximate surface area is 191 Å². The maximum atomic E-state index is 9.52. The van der Waals surface area contributed by atoms with Gasteiger partial charge in [0.2, 0.25) is 0 Å². The van der Waals surface area contributed by atoms with Gasteiger partial charge in [-0.05, 0) is 0 Å². The van der Waals surface area contributed by atoms with Crippen molar-refractivity contribution in [3.05, 3.63) is 0 Å². The molecule has 16 nitrogen and oxygen atoms in total. The monoisotopic (exact) mass is 551 g/mol. The van der Waals surface area contributed by atoms with Crippen LogP contribution >= 0.6 is 0 Å². The van der Waals surface area contributed by atoms with Gasteiger partial charge in [0.1, 0.15) is 0 Å². The van der Waals surface area contributed by atoms with Gasteiger partial charge in [0.15, 0.2) is 24.4 Å². The molecule has 0 rings (SSSR count). The van der Waals surface area contributed by atoms with E-state index in [1.807, 2.05) is 0 Å². The zero-order valence-electron chi connectivity index (χ0n) is 15.1. The van der Waals surface area contributed by atoms with Crippen molar-refractivity contribution in [2.24, 2.45) is 0 Å². The number of carboxylic acid groups (broad SMARTS) is 4. The third-order valence-electron chi connectivity index (χ3n) is 1.83. The number of hydrogen-bond donors (Lipinski definition) is 12. The smallest absolute Gasteiger partial charge is 0.334 e. The molecule has 30 heavy (non-hydrogen) atoms. The van der Waals surface area contributed by atoms with Crippen molar-refractivity contribution >= 4 is 23.9 Å². The molecule has 0 spiro atoms. The Morgan fingerprint density at radius 3 is 0.567 bits per heavy atom. The molecule has 12 N–H and O–H groups in total. The first-order valence-corrected chi connectivity index (χ1v) is 6.80. The predicted octanol–water partition coefficient (Wildman–Crippen LogP) is -6.31. The Hall–Kier alpha value is -1.30. The van der Waals surface area contributed by atoms with Crippen LogP contribution in [0.1, 0.15) is 0 Å². The van der Waals surface area contributed by atoms with Gasteiger partial charge in [-0.3, -0.25) is 0 Å². The molecule has 0 saturated carbocycles. The molecule has 0 amide bonds. The van der Waals surface area contributed by atoms with Crippen LogP contribution in [0.15, 0.2) is 0 Å². The van der Waals surface area contributed by atoms with Gasteiger partial charge in [-0.25, -0.2) is 19.2 Å². The topological polar surface area (TPSA) is 311 Å². The normalized spacial score (nSPS) is 12.5. The van der Waals surface area contributed by atoms with E-state index in [9.17, 15) is 19.2 Å². The Bertz CT molecular complexity index is 370. The van der Waals surface area contributed by atoms with Crippen LogP contribution in [0.5, 0.6) is 0 Å². The largest absolute Gasteiger partial charge is 0.479 e. The van der Waals surface area contributed by atoms with Gasteiger partial charge in [0.05, 0.1) is 26.4 Å². The number of aliphatic hydroxyl groups excluding tert-OH is 8. The fourth-order valence-corrected chi connectivity index (χ4v) is 0.312. The van der Waals surface area contributed by atoms with Crippen molar-refractivity contribution in [1.82, 2.24) is 0 Å². The van der Waals surface area contributed by atoms with Gasteiger partial charge in [0, 0.05) is 36.5 Å². The van der Waals surface area contributed by atoms with Crippen molar-refractivity contribution in [3.8, 4) is 0 Å². The Balaban J connectivity index is -0.0000000626. The second-order valence-corrected chi connectivity index (χ2v) is 4.15. The summed E-state index contributed by atoms with van der Waals surface area (Å²) in [4.78, 5) is 38.1. The minimum Gasteiger partial charge on any atom is -0.479 e. The van der Waals surface area contributed by atoms with Crippen molar-refractivity contribution in [2.75, 3.05) is 26.4 Å². The summed E-state index contributed by atoms with van der Waals surface area (Å²) in [5.74, 6) is -5.60. The minimum absolute atomic E-state index is 0. The van der Waals surface area contributed by atoms with Crippen LogP contribution in [0.4, 0.5) is 0 Å². The summed E-state index contributed by atoms with van der Waals surface area (Å²) < 4.78 is 0. The maximum absolute atomic E-state index is 9.52. The number of hydrogen-bond acceptors (Lipinski definition) is 12. The fourth-order valence-electron chi connectivity index (χ4n) is 0.312. The van der Waals surface area contributed by atoms with E-state index in [-0.39, 0.29) is 36.5 Å². The standard InChI is InChI=1S/4C3H6O4.Cu.Zn/c4*4-1-2(5)3(6)7;;/h4*2,4-5H,1H2,(H,6,7);;. The molecule has 0 aromatic carbocycles. The van der Waals surface area contributed by atoms with Crippen LogP contribution < -0.4 is 0 Å². The third-order valence-corrected chi connectivity index (χ3v) is 1.83. The van der Waals surface area contributed by atoms with Crippen LogP contribution in [0.3, 0.4) is 0 Å². The number of carbonyl (C=O) groups is 4. The first-order chi connectivity index (χ1) is 12.7. The molecule has 0 heterocycles. The summed E-state index contributed by atoms with van der Waals surface area (Å²) in [6.07, 6.45) is -6.50. The molecule has 1 radical (unpaired) electrons. The van der Waals surface area contributed by atoms with Gasteiger partial charge in [-0.2, -0.15) is 0 Å². The number of rotatable bonds is 8. The quantitative estimate of drug-likeness (QED) is 0.124. The molecule has 0 saturated heterocycles. The second kappa shape index (κ2) is 27.7. The predicted molar refractivity (Wildman–Crippen MR) is 82.9 cm³/mol. The van der Waals surface area contributed by atoms with E-state index in [0.29, 0.717) is 0 Å². The molecular weight excluding hydrogens is 529 g/mol. The summed E-state index contributed by atoms with van der Waals surface area (Å²) in [5.41, 5.74) is 0. The second-order valence-electron chi connectivity index (χ2n) is 4.15. The SMILES string of the molecule is O=C(O)C(O)CO.O=C(O)C(O)CO.O=C(O)C(O)CO.O=C(O)C(O)CO.[Cu].[Zn]. The van der Waals surface area contributed by atoms with E-state index in [0.717, 1.165) is 0 Å². The number of aliphatic carboxylic acids is 4. The van der Waals surface area contributed by atoms with Crippen LogP contribution in [-0.4, -0.2) is 136 Å². The van der Waals surface area contributed by atoms with Crippen molar-refractivity contribution in [2.45, 2.75) is 24.4 Å². The molecule has 0 aliphatic rings. The molecular formula is C12H24CuO16Zn. The molecule has 0 aromatic rings. The Kier molecular flexibility index (Phi) is 39.5. The maximum Gasteiger partial charge on any atom is 0.334 e. The third kappa shape index (κ3) is 34.2. The molecule has 0 fully saturated rings. The number of aliphatic hydroxyl groups is 8. The average Bonchev–Trinajstić information content (AvgIpc) is 2.66. The van der Waals surface area contributed by atoms with E-state index >= 15 is 0 Å². The molecule has 4 unspecified atom stereocenters. The van der Waals surface area contributed by atoms with Crippen LogP contribution in [0, 0.1) is 0 Å². The fraction of sp³-hybridized carbons (Fsp3) is 0.667. The van der Waals surface area contributed by atoms with E-state index in [1.54, 1.807) is 0 Å². The summed E-state index contributed by atoms with van der Waals surface area (Å²) >= 11 is 0. The summed E-state index contributed by atoms with van der Waals surface area (Å²) in [6.45, 7) is -2.91. The zero-order valence-corrected chi connectivity index (χ0v) is 19.1. The summed E-state index contributed by atoms with van der Waals surface area (Å²) in [5, 5.41) is 94.9. The minimum atomic E-state index is -1.63. The van der Waals surface area contributed by atoms with E-state index in [2.05, 4.69) is 0 Å². The van der Waals surface area contributed by atoms with Crippen LogP contribution in [0.2, 0.25) is 0 Å². The van der Waals surface area contributed by atoms with Crippen molar-refractivity contribution in [1.29, 1.82) is 0 Å². The molecule has 4 atom stereocenters. The van der Waals surface area contributed by atoms with E-state index < -0.39 is 74.7 Å². The van der Waals surface area contributed by atoms with Crippen LogP contribution in [-0.2, 0) is 55.7 Å². The van der Waals surface area contributed by atoms with Gasteiger partial charge in [0.25, 0.3) is 0 Å². The molecule has 18 heteroatoms. The van der Waals surface area contributed by atoms with Crippen LogP contribution in [0.25, 0.3) is 0 Å². The van der Waals surface area contributed by atoms with Gasteiger partial charge in [-0.1, -0.05) is 0 Å². The van der Waals surface area contributed by atoms with E-state index in [1.165, 1.54) is 0 Å². The molecule has 0 aromatic heterocycles. The summed E-state index contributed by atoms with van der Waals surface area (Å²) in [7, 11) is 0. The van der Waals surface area contributed by atoms with Gasteiger partial charge >= 0.3 is 23.9 Å². The van der Waals surface area contributed by atoms with Gasteiger partial charge < -0.3 is 61.3 Å². The molecule has 0 aliphatic carbocycles. The molecule has 0 bridgehead atoms. The molecule has 0 aliphatic heterocycles. The summed E-state index contributed by atoms with van der Waals surface area (Å²) in [6, 6.07) is 0. The van der Waals surface area contributed by atoms with E-state index in [4.69, 9.17) is 61.3 Å². The Morgan fingerprint density at radius 1 is 0.467 bits per heavy atom.